The summed E-state index contributed by atoms with van der Waals surface area (Å²) in [4.78, 5) is 29.8. The molecular formula is C34H56N2O8. The molecule has 3 aliphatic heterocycles. The van der Waals surface area contributed by atoms with Gasteiger partial charge in [0.15, 0.2) is 11.9 Å². The van der Waals surface area contributed by atoms with E-state index >= 15 is 0 Å². The predicted molar refractivity (Wildman–Crippen MR) is 169 cm³/mol. The molecule has 44 heavy (non-hydrogen) atoms. The van der Waals surface area contributed by atoms with Gasteiger partial charge >= 0.3 is 12.1 Å². The highest BCUT2D eigenvalue weighted by Gasteiger charge is 2.49. The minimum Gasteiger partial charge on any atom is -0.455 e. The fraction of sp³-hybridized carbons (Fsp3) is 0.765. The maximum absolute atomic E-state index is 13.0. The lowest BCUT2D eigenvalue weighted by Crippen LogP contribution is -2.49. The van der Waals surface area contributed by atoms with Gasteiger partial charge in [-0.05, 0) is 64.5 Å². The second kappa shape index (κ2) is 15.9. The number of cyclic esters (lactones) is 1. The molecule has 0 aliphatic carbocycles. The number of hydrogen-bond acceptors (Lipinski definition) is 9. The monoisotopic (exact) mass is 620 g/mol. The Morgan fingerprint density at radius 1 is 1.25 bits per heavy atom. The van der Waals surface area contributed by atoms with E-state index in [9.17, 15) is 24.9 Å². The third-order valence-corrected chi connectivity index (χ3v) is 9.48. The molecular weight excluding hydrogens is 564 g/mol. The Bertz CT molecular complexity index is 1050. The van der Waals surface area contributed by atoms with Crippen LogP contribution in [-0.4, -0.2) is 106 Å². The van der Waals surface area contributed by atoms with Gasteiger partial charge < -0.3 is 39.3 Å². The standard InChI is InChI=1S/C34H56N2O8/c1-8-34(40,41)26(5)30-28(42-30)22-23(2)12-9-13-24(3)29-25(4)14-10-16-33(6,17-11-15-27(37)31(38)43-29)44-32(39)36-20-18-35(7)19-21-36/h9-10,12-14,23,25-30,37,40-41H,8,11,15-22H2,1-7H3/b12-9+,14-10+,24-13+. The van der Waals surface area contributed by atoms with E-state index in [0.717, 1.165) is 25.1 Å². The second-order valence-electron chi connectivity index (χ2n) is 13.5. The molecule has 1 amide bonds. The molecule has 3 N–H and O–H groups in total. The number of aliphatic hydroxyl groups excluding tert-OH is 1. The van der Waals surface area contributed by atoms with Crippen molar-refractivity contribution in [3.8, 4) is 0 Å². The lowest BCUT2D eigenvalue weighted by molar-refractivity contribution is -0.201. The summed E-state index contributed by atoms with van der Waals surface area (Å²) in [5.41, 5.74) is 0.0858. The Kier molecular flexibility index (Phi) is 13.1. The van der Waals surface area contributed by atoms with Crippen molar-refractivity contribution in [3.05, 3.63) is 36.0 Å². The SMILES string of the molecule is CCC(O)(O)C(C)C1OC1CC(C)/C=C/C=C(\C)C1OC(=O)C(O)CCCC(C)(OC(=O)N2CCN(C)CC2)C/C=C/C1C. The number of esters is 1. The Balaban J connectivity index is 1.63. The molecule has 8 unspecified atom stereocenters. The van der Waals surface area contributed by atoms with Crippen molar-refractivity contribution >= 4 is 12.1 Å². The highest BCUT2D eigenvalue weighted by molar-refractivity contribution is 5.74. The fourth-order valence-electron chi connectivity index (χ4n) is 6.01. The topological polar surface area (TPSA) is 132 Å². The van der Waals surface area contributed by atoms with Crippen molar-refractivity contribution in [2.75, 3.05) is 33.2 Å². The van der Waals surface area contributed by atoms with Crippen LogP contribution in [0.15, 0.2) is 36.0 Å². The zero-order valence-corrected chi connectivity index (χ0v) is 27.8. The highest BCUT2D eigenvalue weighted by atomic mass is 16.6. The second-order valence-corrected chi connectivity index (χ2v) is 13.5. The van der Waals surface area contributed by atoms with Crippen molar-refractivity contribution in [1.82, 2.24) is 9.80 Å². The first kappa shape index (κ1) is 36.2. The van der Waals surface area contributed by atoms with Crippen LogP contribution >= 0.6 is 0 Å². The van der Waals surface area contributed by atoms with E-state index in [2.05, 4.69) is 17.9 Å². The lowest BCUT2D eigenvalue weighted by atomic mass is 9.90. The molecule has 0 saturated carbocycles. The van der Waals surface area contributed by atoms with Crippen molar-refractivity contribution in [3.63, 3.8) is 0 Å². The largest absolute Gasteiger partial charge is 0.455 e. The molecule has 0 aromatic carbocycles. The average Bonchev–Trinajstić information content (AvgIpc) is 3.73. The fourth-order valence-corrected chi connectivity index (χ4v) is 6.01. The van der Waals surface area contributed by atoms with Gasteiger partial charge in [0.2, 0.25) is 0 Å². The van der Waals surface area contributed by atoms with Crippen LogP contribution < -0.4 is 0 Å². The minimum absolute atomic E-state index is 0.00891. The van der Waals surface area contributed by atoms with Crippen LogP contribution in [-0.2, 0) is 19.0 Å². The molecule has 250 valence electrons. The van der Waals surface area contributed by atoms with E-state index in [0.29, 0.717) is 32.4 Å². The molecule has 0 aromatic rings. The quantitative estimate of drug-likeness (QED) is 0.114. The molecule has 8 atom stereocenters. The van der Waals surface area contributed by atoms with Crippen molar-refractivity contribution in [2.45, 2.75) is 116 Å². The summed E-state index contributed by atoms with van der Waals surface area (Å²) in [6, 6.07) is 0. The first-order valence-electron chi connectivity index (χ1n) is 16.3. The minimum atomic E-state index is -1.73. The Morgan fingerprint density at radius 2 is 1.93 bits per heavy atom. The van der Waals surface area contributed by atoms with Crippen molar-refractivity contribution in [2.24, 2.45) is 17.8 Å². The van der Waals surface area contributed by atoms with Gasteiger partial charge in [-0.3, -0.25) is 0 Å². The summed E-state index contributed by atoms with van der Waals surface area (Å²) in [5.74, 6) is -2.73. The number of piperazine rings is 1. The Hall–Kier alpha value is -2.24. The molecule has 3 aliphatic rings. The van der Waals surface area contributed by atoms with E-state index in [4.69, 9.17) is 14.2 Å². The summed E-state index contributed by atoms with van der Waals surface area (Å²) in [6.07, 6.45) is 10.4. The molecule has 0 spiro atoms. The van der Waals surface area contributed by atoms with Crippen LogP contribution in [0, 0.1) is 17.8 Å². The number of hydrogen-bond donors (Lipinski definition) is 3. The first-order chi connectivity index (χ1) is 20.7. The van der Waals surface area contributed by atoms with Gasteiger partial charge in [0.1, 0.15) is 11.7 Å². The maximum Gasteiger partial charge on any atom is 0.410 e. The van der Waals surface area contributed by atoms with E-state index in [1.54, 1.807) is 18.7 Å². The van der Waals surface area contributed by atoms with Crippen LogP contribution in [0.2, 0.25) is 0 Å². The zero-order valence-electron chi connectivity index (χ0n) is 27.8. The number of rotatable bonds is 9. The number of nitrogens with zero attached hydrogens (tertiary/aromatic N) is 2. The maximum atomic E-state index is 13.0. The summed E-state index contributed by atoms with van der Waals surface area (Å²) in [6.45, 7) is 14.3. The Morgan fingerprint density at radius 3 is 2.59 bits per heavy atom. The van der Waals surface area contributed by atoms with Gasteiger partial charge in [-0.15, -0.1) is 0 Å². The number of ether oxygens (including phenoxy) is 3. The molecule has 0 radical (unpaired) electrons. The van der Waals surface area contributed by atoms with Crippen molar-refractivity contribution in [1.29, 1.82) is 0 Å². The van der Waals surface area contributed by atoms with Gasteiger partial charge in [-0.1, -0.05) is 58.1 Å². The van der Waals surface area contributed by atoms with E-state index < -0.39 is 29.6 Å². The molecule has 3 heterocycles. The predicted octanol–water partition coefficient (Wildman–Crippen LogP) is 4.19. The van der Waals surface area contributed by atoms with Gasteiger partial charge in [0, 0.05) is 44.4 Å². The average molecular weight is 621 g/mol. The number of aliphatic hydroxyl groups is 3. The van der Waals surface area contributed by atoms with E-state index in [1.165, 1.54) is 0 Å². The van der Waals surface area contributed by atoms with Gasteiger partial charge in [0.05, 0.1) is 12.2 Å². The third-order valence-electron chi connectivity index (χ3n) is 9.48. The first-order valence-corrected chi connectivity index (χ1v) is 16.3. The Labute approximate surface area is 263 Å². The number of carbonyl (C=O) groups is 2. The molecule has 0 bridgehead atoms. The van der Waals surface area contributed by atoms with Gasteiger partial charge in [0.25, 0.3) is 0 Å². The van der Waals surface area contributed by atoms with Gasteiger partial charge in [-0.2, -0.15) is 0 Å². The van der Waals surface area contributed by atoms with Crippen molar-refractivity contribution < 1.29 is 39.1 Å². The number of amides is 1. The summed E-state index contributed by atoms with van der Waals surface area (Å²) in [5, 5.41) is 30.9. The van der Waals surface area contributed by atoms with Crippen LogP contribution in [0.25, 0.3) is 0 Å². The van der Waals surface area contributed by atoms with E-state index in [-0.39, 0.29) is 48.9 Å². The third kappa shape index (κ3) is 10.4. The summed E-state index contributed by atoms with van der Waals surface area (Å²) < 4.78 is 17.6. The highest BCUT2D eigenvalue weighted by Crippen LogP contribution is 2.39. The normalized spacial score (nSPS) is 33.6. The molecule has 10 nitrogen and oxygen atoms in total. The number of epoxide rings is 1. The number of allylic oxidation sites excluding steroid dienone is 3. The molecule has 3 rings (SSSR count). The molecule has 2 saturated heterocycles. The van der Waals surface area contributed by atoms with Crippen LogP contribution in [0.5, 0.6) is 0 Å². The molecule has 2 fully saturated rings. The molecule has 10 heteroatoms. The van der Waals surface area contributed by atoms with E-state index in [1.807, 2.05) is 52.1 Å². The molecule has 0 aromatic heterocycles. The summed E-state index contributed by atoms with van der Waals surface area (Å²) >= 11 is 0. The number of carbonyl (C=O) groups excluding carboxylic acids is 2. The van der Waals surface area contributed by atoms with Gasteiger partial charge in [-0.25, -0.2) is 9.59 Å². The smallest absolute Gasteiger partial charge is 0.410 e. The summed E-state index contributed by atoms with van der Waals surface area (Å²) in [7, 11) is 2.04. The zero-order chi connectivity index (χ0) is 32.7. The van der Waals surface area contributed by atoms with Crippen LogP contribution in [0.3, 0.4) is 0 Å². The van der Waals surface area contributed by atoms with Crippen LogP contribution in [0.1, 0.15) is 80.1 Å². The lowest BCUT2D eigenvalue weighted by Gasteiger charge is -2.36. The number of likely N-dealkylation sites (N-methyl/N-ethyl adjacent to an activating group) is 1. The van der Waals surface area contributed by atoms with Crippen LogP contribution in [0.4, 0.5) is 4.79 Å².